The Kier molecular flexibility index (Phi) is 3.56. The zero-order chi connectivity index (χ0) is 16.1. The summed E-state index contributed by atoms with van der Waals surface area (Å²) in [6, 6.07) is -0.682. The largest absolute Gasteiger partial charge is 0.495 e. The molecule has 10 nitrogen and oxygen atoms in total. The highest BCUT2D eigenvalue weighted by atomic mass is 16.6. The van der Waals surface area contributed by atoms with Crippen LogP contribution in [0.5, 0.6) is 0 Å². The van der Waals surface area contributed by atoms with Crippen LogP contribution in [0.1, 0.15) is 6.92 Å². The molecule has 6 N–H and O–H groups in total. The van der Waals surface area contributed by atoms with E-state index in [4.69, 9.17) is 10.5 Å². The average Bonchev–Trinajstić information content (AvgIpc) is 3.01. The van der Waals surface area contributed by atoms with Gasteiger partial charge in [-0.2, -0.15) is 4.99 Å². The van der Waals surface area contributed by atoms with Crippen molar-refractivity contribution >= 4 is 18.2 Å². The fourth-order valence-corrected chi connectivity index (χ4v) is 3.06. The van der Waals surface area contributed by atoms with Crippen molar-refractivity contribution in [3.8, 4) is 0 Å². The number of guanidine groups is 1. The first-order valence-electron chi connectivity index (χ1n) is 6.92. The lowest BCUT2D eigenvalue weighted by Crippen LogP contribution is -2.50. The fourth-order valence-electron chi connectivity index (χ4n) is 3.06. The molecule has 22 heavy (non-hydrogen) atoms. The number of fused-ring (bicyclic) bond motifs is 1. The van der Waals surface area contributed by atoms with Gasteiger partial charge in [-0.1, -0.05) is 6.92 Å². The van der Waals surface area contributed by atoms with E-state index in [-0.39, 0.29) is 11.9 Å². The van der Waals surface area contributed by atoms with Gasteiger partial charge in [-0.3, -0.25) is 4.99 Å². The van der Waals surface area contributed by atoms with E-state index in [0.29, 0.717) is 0 Å². The zero-order valence-corrected chi connectivity index (χ0v) is 11.9. The van der Waals surface area contributed by atoms with Crippen molar-refractivity contribution < 1.29 is 25.2 Å². The first-order chi connectivity index (χ1) is 10.4. The molecule has 1 saturated heterocycles. The molecule has 0 spiro atoms. The molecule has 0 aromatic carbocycles. The van der Waals surface area contributed by atoms with Crippen molar-refractivity contribution in [2.24, 2.45) is 26.6 Å². The minimum atomic E-state index is -1.45. The van der Waals surface area contributed by atoms with Crippen LogP contribution in [0.2, 0.25) is 0 Å². The molecule has 10 heteroatoms. The summed E-state index contributed by atoms with van der Waals surface area (Å²) in [6.45, 7) is 0.679. The third kappa shape index (κ3) is 1.99. The number of nitrogens with two attached hydrogens (primary N) is 1. The van der Waals surface area contributed by atoms with Crippen LogP contribution >= 0.6 is 0 Å². The molecule has 3 aliphatic heterocycles. The summed E-state index contributed by atoms with van der Waals surface area (Å²) in [5.41, 5.74) is 4.11. The smallest absolute Gasteiger partial charge is 0.220 e. The summed E-state index contributed by atoms with van der Waals surface area (Å²) < 4.78 is 5.73. The van der Waals surface area contributed by atoms with E-state index < -0.39 is 49.3 Å². The van der Waals surface area contributed by atoms with E-state index in [1.54, 1.807) is 11.8 Å². The second-order valence-corrected chi connectivity index (χ2v) is 5.72. The number of hydrogen-bond acceptors (Lipinski definition) is 9. The third-order valence-electron chi connectivity index (χ3n) is 4.38. The molecule has 3 heterocycles. The van der Waals surface area contributed by atoms with Crippen LogP contribution in [0.15, 0.2) is 15.0 Å². The lowest BCUT2D eigenvalue weighted by Gasteiger charge is -2.33. The van der Waals surface area contributed by atoms with Gasteiger partial charge < -0.3 is 35.8 Å². The second kappa shape index (κ2) is 5.16. The number of nitrogens with zero attached hydrogens (tertiary/aromatic N) is 4. The van der Waals surface area contributed by atoms with Gasteiger partial charge in [-0.15, -0.1) is 0 Å². The second-order valence-electron chi connectivity index (χ2n) is 5.72. The van der Waals surface area contributed by atoms with Crippen molar-refractivity contribution in [3.05, 3.63) is 0 Å². The van der Waals surface area contributed by atoms with Crippen LogP contribution in [-0.2, 0) is 4.74 Å². The summed E-state index contributed by atoms with van der Waals surface area (Å²) in [5, 5.41) is 39.0. The lowest BCUT2D eigenvalue weighted by atomic mass is 9.91. The minimum Gasteiger partial charge on any atom is -0.495 e. The normalized spacial score (nSPS) is 39.6. The number of rotatable bonds is 3. The quantitative estimate of drug-likeness (QED) is 0.382. The highest BCUT2D eigenvalue weighted by molar-refractivity contribution is 5.98. The predicted molar refractivity (Wildman–Crippen MR) is 76.5 cm³/mol. The molecule has 1 fully saturated rings. The summed E-state index contributed by atoms with van der Waals surface area (Å²) >= 11 is 0. The van der Waals surface area contributed by atoms with Gasteiger partial charge in [0.2, 0.25) is 11.9 Å². The number of ether oxygens (including phenoxy) is 1. The molecule has 2 unspecified atom stereocenters. The highest BCUT2D eigenvalue weighted by Crippen LogP contribution is 2.38. The monoisotopic (exact) mass is 313 g/mol. The molecule has 0 aromatic heterocycles. The summed E-state index contributed by atoms with van der Waals surface area (Å²) in [7, 11) is 0. The van der Waals surface area contributed by atoms with Gasteiger partial charge in [0.1, 0.15) is 11.8 Å². The van der Waals surface area contributed by atoms with Crippen LogP contribution in [-0.4, -0.2) is 86.9 Å². The summed E-state index contributed by atoms with van der Waals surface area (Å²) in [4.78, 5) is 13.5. The van der Waals surface area contributed by atoms with Gasteiger partial charge >= 0.3 is 0 Å². The fraction of sp³-hybridized carbons (Fsp3) is 0.750. The molecule has 3 aliphatic rings. The van der Waals surface area contributed by atoms with Gasteiger partial charge in [0, 0.05) is 5.92 Å². The molecule has 0 bridgehead atoms. The van der Waals surface area contributed by atoms with Crippen molar-refractivity contribution in [1.29, 1.82) is 0 Å². The number of aliphatic hydroxyl groups is 4. The Morgan fingerprint density at radius 2 is 2.09 bits per heavy atom. The molecular weight excluding hydrogens is 294 g/mol. The van der Waals surface area contributed by atoms with Crippen LogP contribution in [0, 0.1) is 5.92 Å². The third-order valence-corrected chi connectivity index (χ3v) is 4.38. The molecule has 0 saturated carbocycles. The van der Waals surface area contributed by atoms with Crippen LogP contribution in [0.4, 0.5) is 0 Å². The number of aliphatic hydroxyl groups excluding tert-OH is 4. The van der Waals surface area contributed by atoms with Crippen molar-refractivity contribution in [1.82, 2.24) is 4.90 Å². The Bertz CT molecular complexity index is 546. The molecule has 0 aliphatic carbocycles. The maximum atomic E-state index is 10.3. The average molecular weight is 313 g/mol. The molecule has 122 valence electrons. The molecule has 3 rings (SSSR count). The summed E-state index contributed by atoms with van der Waals surface area (Å²) in [5.74, 6) is -0.740. The van der Waals surface area contributed by atoms with Crippen LogP contribution in [0.3, 0.4) is 0 Å². The SMILES string of the molecule is C[C@@H]1[C@H](N2C=NC3C(O)=NC(N)=NC32)OC(CO)(CO)[C@H]1O. The standard InChI is InChI=1S/C12H19N5O5/c1-5-7(20)12(2-18,3-19)22-10(5)17-4-14-6-8(17)15-11(13)16-9(6)21/h4-8,10,18-20H,2-3H2,1H3,(H3,13,15,16,21)/t5-,6?,7-,8?,10+/m0/s1. The van der Waals surface area contributed by atoms with E-state index in [0.717, 1.165) is 0 Å². The number of aliphatic imine (C=N–C) groups is 3. The molecule has 0 radical (unpaired) electrons. The number of hydrogen-bond donors (Lipinski definition) is 5. The van der Waals surface area contributed by atoms with Crippen molar-refractivity contribution in [3.63, 3.8) is 0 Å². The van der Waals surface area contributed by atoms with Crippen LogP contribution in [0.25, 0.3) is 0 Å². The first-order valence-corrected chi connectivity index (χ1v) is 6.92. The Labute approximate surface area is 126 Å². The Hall–Kier alpha value is -1.75. The van der Waals surface area contributed by atoms with Crippen LogP contribution < -0.4 is 5.73 Å². The first kappa shape index (κ1) is 15.2. The maximum Gasteiger partial charge on any atom is 0.220 e. The predicted octanol–water partition coefficient (Wildman–Crippen LogP) is -2.61. The molecule has 0 amide bonds. The van der Waals surface area contributed by atoms with E-state index in [9.17, 15) is 20.4 Å². The maximum absolute atomic E-state index is 10.3. The Morgan fingerprint density at radius 3 is 2.68 bits per heavy atom. The Balaban J connectivity index is 1.87. The minimum absolute atomic E-state index is 0.0731. The van der Waals surface area contributed by atoms with Gasteiger partial charge in [-0.05, 0) is 0 Å². The van der Waals surface area contributed by atoms with Crippen molar-refractivity contribution in [2.45, 2.75) is 37.1 Å². The van der Waals surface area contributed by atoms with Gasteiger partial charge in [0.25, 0.3) is 0 Å². The van der Waals surface area contributed by atoms with Crippen molar-refractivity contribution in [2.75, 3.05) is 13.2 Å². The molecule has 0 aromatic rings. The van der Waals surface area contributed by atoms with Gasteiger partial charge in [0.15, 0.2) is 12.2 Å². The van der Waals surface area contributed by atoms with E-state index >= 15 is 0 Å². The summed E-state index contributed by atoms with van der Waals surface area (Å²) in [6.07, 6.45) is -0.935. The highest BCUT2D eigenvalue weighted by Gasteiger charge is 2.56. The van der Waals surface area contributed by atoms with Gasteiger partial charge in [-0.25, -0.2) is 4.99 Å². The van der Waals surface area contributed by atoms with Gasteiger partial charge in [0.05, 0.1) is 25.7 Å². The molecular formula is C12H19N5O5. The van der Waals surface area contributed by atoms with E-state index in [1.165, 1.54) is 6.34 Å². The van der Waals surface area contributed by atoms with E-state index in [1.807, 2.05) is 0 Å². The molecule has 5 atom stereocenters. The zero-order valence-electron chi connectivity index (χ0n) is 11.9. The lowest BCUT2D eigenvalue weighted by molar-refractivity contribution is -0.157. The Morgan fingerprint density at radius 1 is 1.41 bits per heavy atom. The van der Waals surface area contributed by atoms with E-state index in [2.05, 4.69) is 15.0 Å². The topological polar surface area (TPSA) is 156 Å².